The Hall–Kier alpha value is -1.35. The van der Waals surface area contributed by atoms with Gasteiger partial charge in [-0.2, -0.15) is 0 Å². The van der Waals surface area contributed by atoms with Crippen molar-refractivity contribution in [3.8, 4) is 5.75 Å². The van der Waals surface area contributed by atoms with E-state index in [-0.39, 0.29) is 5.78 Å². The molecule has 1 aromatic carbocycles. The van der Waals surface area contributed by atoms with Crippen LogP contribution in [0, 0.1) is 0 Å². The molecule has 0 heterocycles. The third kappa shape index (κ3) is 3.84. The summed E-state index contributed by atoms with van der Waals surface area (Å²) in [5, 5.41) is 3.05. The molecule has 0 unspecified atom stereocenters. The summed E-state index contributed by atoms with van der Waals surface area (Å²) < 4.78 is 5.27. The predicted octanol–water partition coefficient (Wildman–Crippen LogP) is 3.00. The SMILES string of the molecule is CNCCCC(=O)c1cc(C(C)C)ccc1OC. The highest BCUT2D eigenvalue weighted by Gasteiger charge is 2.13. The second kappa shape index (κ2) is 7.17. The number of carbonyl (C=O) groups excluding carboxylic acids is 1. The summed E-state index contributed by atoms with van der Waals surface area (Å²) >= 11 is 0. The summed E-state index contributed by atoms with van der Waals surface area (Å²) in [6, 6.07) is 5.87. The number of Topliss-reactive ketones (excluding diaryl/α,β-unsaturated/α-hetero) is 1. The van der Waals surface area contributed by atoms with Crippen LogP contribution in [-0.2, 0) is 0 Å². The van der Waals surface area contributed by atoms with E-state index >= 15 is 0 Å². The van der Waals surface area contributed by atoms with Gasteiger partial charge in [-0.1, -0.05) is 19.9 Å². The molecular weight excluding hydrogens is 226 g/mol. The maximum Gasteiger partial charge on any atom is 0.166 e. The van der Waals surface area contributed by atoms with Crippen LogP contribution >= 0.6 is 0 Å². The number of benzene rings is 1. The smallest absolute Gasteiger partial charge is 0.166 e. The first-order valence-electron chi connectivity index (χ1n) is 6.46. The van der Waals surface area contributed by atoms with Gasteiger partial charge in [-0.25, -0.2) is 0 Å². The lowest BCUT2D eigenvalue weighted by Gasteiger charge is -2.12. The van der Waals surface area contributed by atoms with Crippen molar-refractivity contribution in [1.29, 1.82) is 0 Å². The summed E-state index contributed by atoms with van der Waals surface area (Å²) in [7, 11) is 3.50. The van der Waals surface area contributed by atoms with Gasteiger partial charge in [-0.05, 0) is 43.6 Å². The van der Waals surface area contributed by atoms with Crippen molar-refractivity contribution < 1.29 is 9.53 Å². The van der Waals surface area contributed by atoms with Gasteiger partial charge in [0.15, 0.2) is 5.78 Å². The van der Waals surface area contributed by atoms with Gasteiger partial charge >= 0.3 is 0 Å². The zero-order valence-corrected chi connectivity index (χ0v) is 11.7. The Morgan fingerprint density at radius 2 is 2.11 bits per heavy atom. The van der Waals surface area contributed by atoms with Crippen molar-refractivity contribution in [2.45, 2.75) is 32.6 Å². The lowest BCUT2D eigenvalue weighted by Crippen LogP contribution is -2.11. The van der Waals surface area contributed by atoms with Gasteiger partial charge in [0.25, 0.3) is 0 Å². The maximum absolute atomic E-state index is 12.2. The fourth-order valence-corrected chi connectivity index (χ4v) is 1.86. The lowest BCUT2D eigenvalue weighted by atomic mass is 9.97. The number of ether oxygens (including phenoxy) is 1. The fraction of sp³-hybridized carbons (Fsp3) is 0.533. The summed E-state index contributed by atoms with van der Waals surface area (Å²) in [5.41, 5.74) is 1.88. The van der Waals surface area contributed by atoms with Crippen molar-refractivity contribution in [3.63, 3.8) is 0 Å². The molecule has 0 aliphatic rings. The molecule has 0 aliphatic carbocycles. The third-order valence-corrected chi connectivity index (χ3v) is 3.02. The van der Waals surface area contributed by atoms with Crippen molar-refractivity contribution in [1.82, 2.24) is 5.32 Å². The molecule has 0 aromatic heterocycles. The predicted molar refractivity (Wildman–Crippen MR) is 74.6 cm³/mol. The van der Waals surface area contributed by atoms with Crippen LogP contribution in [0.25, 0.3) is 0 Å². The molecule has 1 rings (SSSR count). The number of carbonyl (C=O) groups is 1. The van der Waals surface area contributed by atoms with Gasteiger partial charge < -0.3 is 10.1 Å². The molecule has 1 aromatic rings. The molecule has 0 aliphatic heterocycles. The number of ketones is 1. The second-order valence-electron chi connectivity index (χ2n) is 4.74. The van der Waals surface area contributed by atoms with E-state index < -0.39 is 0 Å². The summed E-state index contributed by atoms with van der Waals surface area (Å²) in [4.78, 5) is 12.2. The van der Waals surface area contributed by atoms with Crippen LogP contribution < -0.4 is 10.1 Å². The lowest BCUT2D eigenvalue weighted by molar-refractivity contribution is 0.0977. The van der Waals surface area contributed by atoms with Crippen LogP contribution in [0.3, 0.4) is 0 Å². The minimum Gasteiger partial charge on any atom is -0.496 e. The number of hydrogen-bond donors (Lipinski definition) is 1. The largest absolute Gasteiger partial charge is 0.496 e. The highest BCUT2D eigenvalue weighted by Crippen LogP contribution is 2.25. The zero-order chi connectivity index (χ0) is 13.5. The minimum absolute atomic E-state index is 0.157. The molecule has 0 bridgehead atoms. The Morgan fingerprint density at radius 3 is 2.67 bits per heavy atom. The van der Waals surface area contributed by atoms with E-state index in [2.05, 4.69) is 19.2 Å². The zero-order valence-electron chi connectivity index (χ0n) is 11.7. The second-order valence-corrected chi connectivity index (χ2v) is 4.74. The number of methoxy groups -OCH3 is 1. The average molecular weight is 249 g/mol. The first-order chi connectivity index (χ1) is 8.60. The fourth-order valence-electron chi connectivity index (χ4n) is 1.86. The first-order valence-corrected chi connectivity index (χ1v) is 6.46. The number of rotatable bonds is 7. The van der Waals surface area contributed by atoms with Gasteiger partial charge in [-0.3, -0.25) is 4.79 Å². The quantitative estimate of drug-likeness (QED) is 0.596. The van der Waals surface area contributed by atoms with Crippen molar-refractivity contribution in [3.05, 3.63) is 29.3 Å². The number of nitrogens with one attached hydrogen (secondary N) is 1. The molecule has 3 heteroatoms. The van der Waals surface area contributed by atoms with E-state index in [1.165, 1.54) is 5.56 Å². The first kappa shape index (κ1) is 14.7. The molecule has 0 atom stereocenters. The van der Waals surface area contributed by atoms with Gasteiger partial charge in [-0.15, -0.1) is 0 Å². The Morgan fingerprint density at radius 1 is 1.39 bits per heavy atom. The van der Waals surface area contributed by atoms with Crippen LogP contribution in [0.1, 0.15) is 48.5 Å². The normalized spacial score (nSPS) is 10.7. The Kier molecular flexibility index (Phi) is 5.86. The van der Waals surface area contributed by atoms with E-state index in [1.54, 1.807) is 7.11 Å². The maximum atomic E-state index is 12.2. The molecule has 0 saturated heterocycles. The summed E-state index contributed by atoms with van der Waals surface area (Å²) in [6.07, 6.45) is 1.41. The van der Waals surface area contributed by atoms with E-state index in [1.807, 2.05) is 25.2 Å². The van der Waals surface area contributed by atoms with Crippen LogP contribution in [-0.4, -0.2) is 26.5 Å². The molecular formula is C15H23NO2. The highest BCUT2D eigenvalue weighted by molar-refractivity contribution is 5.98. The van der Waals surface area contributed by atoms with E-state index in [0.717, 1.165) is 13.0 Å². The monoisotopic (exact) mass is 249 g/mol. The summed E-state index contributed by atoms with van der Waals surface area (Å²) in [5.74, 6) is 1.25. The van der Waals surface area contributed by atoms with E-state index in [9.17, 15) is 4.79 Å². The standard InChI is InChI=1S/C15H23NO2/c1-11(2)12-7-8-15(18-4)13(10-12)14(17)6-5-9-16-3/h7-8,10-11,16H,5-6,9H2,1-4H3. The Balaban J connectivity index is 2.89. The van der Waals surface area contributed by atoms with Crippen LogP contribution in [0.15, 0.2) is 18.2 Å². The molecule has 1 N–H and O–H groups in total. The summed E-state index contributed by atoms with van der Waals surface area (Å²) in [6.45, 7) is 5.10. The van der Waals surface area contributed by atoms with Gasteiger partial charge in [0, 0.05) is 6.42 Å². The van der Waals surface area contributed by atoms with Crippen LogP contribution in [0.5, 0.6) is 5.75 Å². The van der Waals surface area contributed by atoms with E-state index in [0.29, 0.717) is 23.7 Å². The minimum atomic E-state index is 0.157. The Bertz CT molecular complexity index is 399. The van der Waals surface area contributed by atoms with Crippen molar-refractivity contribution in [2.75, 3.05) is 20.7 Å². The third-order valence-electron chi connectivity index (χ3n) is 3.02. The van der Waals surface area contributed by atoms with E-state index in [4.69, 9.17) is 4.74 Å². The number of hydrogen-bond acceptors (Lipinski definition) is 3. The molecule has 100 valence electrons. The average Bonchev–Trinajstić information content (AvgIpc) is 2.38. The molecule has 0 amide bonds. The highest BCUT2D eigenvalue weighted by atomic mass is 16.5. The van der Waals surface area contributed by atoms with Crippen molar-refractivity contribution in [2.24, 2.45) is 0 Å². The van der Waals surface area contributed by atoms with Crippen molar-refractivity contribution >= 4 is 5.78 Å². The van der Waals surface area contributed by atoms with Gasteiger partial charge in [0.1, 0.15) is 5.75 Å². The van der Waals surface area contributed by atoms with Crippen LogP contribution in [0.2, 0.25) is 0 Å². The molecule has 3 nitrogen and oxygen atoms in total. The van der Waals surface area contributed by atoms with Gasteiger partial charge in [0.2, 0.25) is 0 Å². The molecule has 0 radical (unpaired) electrons. The van der Waals surface area contributed by atoms with Crippen LogP contribution in [0.4, 0.5) is 0 Å². The molecule has 0 spiro atoms. The Labute approximate surface area is 110 Å². The molecule has 0 fully saturated rings. The molecule has 0 saturated carbocycles. The topological polar surface area (TPSA) is 38.3 Å². The van der Waals surface area contributed by atoms with Gasteiger partial charge in [0.05, 0.1) is 12.7 Å². The molecule has 18 heavy (non-hydrogen) atoms.